The zero-order valence-electron chi connectivity index (χ0n) is 17.1. The molecule has 8 heteroatoms. The fraction of sp³-hybridized carbons (Fsp3) is 0.409. The van der Waals surface area contributed by atoms with Crippen molar-refractivity contribution in [3.63, 3.8) is 0 Å². The summed E-state index contributed by atoms with van der Waals surface area (Å²) in [5, 5.41) is 14.6. The van der Waals surface area contributed by atoms with Gasteiger partial charge in [-0.15, -0.1) is 0 Å². The smallest absolute Gasteiger partial charge is 0.293 e. The molecule has 1 amide bonds. The lowest BCUT2D eigenvalue weighted by atomic mass is 10.0. The number of carbonyl (C=O) groups is 1. The van der Waals surface area contributed by atoms with Crippen LogP contribution in [0.3, 0.4) is 0 Å². The van der Waals surface area contributed by atoms with Crippen LogP contribution in [0.4, 0.5) is 11.4 Å². The Hall–Kier alpha value is -3.29. The molecule has 0 radical (unpaired) electrons. The second-order valence-electron chi connectivity index (χ2n) is 7.84. The first-order chi connectivity index (χ1) is 14.4. The van der Waals surface area contributed by atoms with Gasteiger partial charge in [0.25, 0.3) is 11.6 Å². The van der Waals surface area contributed by atoms with Crippen LogP contribution >= 0.6 is 0 Å². The fourth-order valence-corrected chi connectivity index (χ4v) is 4.07. The number of benzene rings is 2. The van der Waals surface area contributed by atoms with Crippen LogP contribution in [0.1, 0.15) is 48.7 Å². The van der Waals surface area contributed by atoms with Gasteiger partial charge in [0.1, 0.15) is 18.9 Å². The molecule has 1 atom stereocenters. The minimum atomic E-state index is -0.416. The van der Waals surface area contributed by atoms with Gasteiger partial charge in [-0.25, -0.2) is 0 Å². The molecule has 0 aromatic heterocycles. The SMILES string of the molecule is CC(C)NC(=O)c1ccc(N2CCCC2c2ccc3c(c2)OCCO3)c([N+](=O)[O-])c1. The van der Waals surface area contributed by atoms with Gasteiger partial charge in [0.15, 0.2) is 11.5 Å². The molecule has 1 unspecified atom stereocenters. The van der Waals surface area contributed by atoms with E-state index in [1.165, 1.54) is 6.07 Å². The van der Waals surface area contributed by atoms with Gasteiger partial charge in [0, 0.05) is 24.2 Å². The van der Waals surface area contributed by atoms with Crippen molar-refractivity contribution < 1.29 is 19.2 Å². The first-order valence-corrected chi connectivity index (χ1v) is 10.2. The van der Waals surface area contributed by atoms with Crippen molar-refractivity contribution in [2.45, 2.75) is 38.8 Å². The van der Waals surface area contributed by atoms with Crippen LogP contribution in [-0.2, 0) is 0 Å². The molecule has 1 N–H and O–H groups in total. The van der Waals surface area contributed by atoms with Crippen molar-refractivity contribution >= 4 is 17.3 Å². The van der Waals surface area contributed by atoms with Crippen LogP contribution in [0.25, 0.3) is 0 Å². The molecule has 2 aromatic carbocycles. The van der Waals surface area contributed by atoms with Crippen molar-refractivity contribution in [1.82, 2.24) is 5.32 Å². The van der Waals surface area contributed by atoms with Crippen LogP contribution in [0.2, 0.25) is 0 Å². The lowest BCUT2D eigenvalue weighted by Crippen LogP contribution is -2.30. The van der Waals surface area contributed by atoms with E-state index in [2.05, 4.69) is 5.32 Å². The van der Waals surface area contributed by atoms with Gasteiger partial charge in [0.05, 0.1) is 11.0 Å². The topological polar surface area (TPSA) is 93.9 Å². The number of nitrogens with one attached hydrogen (secondary N) is 1. The summed E-state index contributed by atoms with van der Waals surface area (Å²) in [4.78, 5) is 25.8. The average molecular weight is 411 g/mol. The van der Waals surface area contributed by atoms with Crippen molar-refractivity contribution in [3.05, 3.63) is 57.6 Å². The van der Waals surface area contributed by atoms with Gasteiger partial charge < -0.3 is 19.7 Å². The third-order valence-electron chi connectivity index (χ3n) is 5.37. The maximum Gasteiger partial charge on any atom is 0.293 e. The summed E-state index contributed by atoms with van der Waals surface area (Å²) in [7, 11) is 0. The molecule has 2 heterocycles. The second kappa shape index (κ2) is 8.22. The quantitative estimate of drug-likeness (QED) is 0.593. The Balaban J connectivity index is 1.66. The molecule has 8 nitrogen and oxygen atoms in total. The molecule has 2 aliphatic rings. The molecule has 0 spiro atoms. The summed E-state index contributed by atoms with van der Waals surface area (Å²) >= 11 is 0. The third-order valence-corrected chi connectivity index (χ3v) is 5.37. The Labute approximate surface area is 174 Å². The van der Waals surface area contributed by atoms with E-state index in [1.807, 2.05) is 36.9 Å². The Bertz CT molecular complexity index is 975. The number of nitro groups is 1. The van der Waals surface area contributed by atoms with Crippen molar-refractivity contribution in [2.75, 3.05) is 24.7 Å². The van der Waals surface area contributed by atoms with Crippen molar-refractivity contribution in [3.8, 4) is 11.5 Å². The highest BCUT2D eigenvalue weighted by molar-refractivity contribution is 5.96. The molecule has 1 fully saturated rings. The predicted octanol–water partition coefficient (Wildman–Crippen LogP) is 3.85. The number of nitrogens with zero attached hydrogens (tertiary/aromatic N) is 2. The number of ether oxygens (including phenoxy) is 2. The standard InChI is InChI=1S/C22H25N3O5/c1-14(2)23-22(26)16-5-7-18(19(12-16)25(27)28)24-9-3-4-17(24)15-6-8-20-21(13-15)30-11-10-29-20/h5-8,12-14,17H,3-4,9-11H2,1-2H3,(H,23,26). The number of anilines is 1. The highest BCUT2D eigenvalue weighted by Crippen LogP contribution is 2.43. The van der Waals surface area contributed by atoms with Crippen LogP contribution < -0.4 is 19.7 Å². The molecule has 0 aliphatic carbocycles. The summed E-state index contributed by atoms with van der Waals surface area (Å²) in [6, 6.07) is 10.5. The maximum absolute atomic E-state index is 12.3. The van der Waals surface area contributed by atoms with Crippen LogP contribution in [0.5, 0.6) is 11.5 Å². The van der Waals surface area contributed by atoms with E-state index < -0.39 is 4.92 Å². The van der Waals surface area contributed by atoms with E-state index in [0.717, 1.165) is 24.2 Å². The highest BCUT2D eigenvalue weighted by Gasteiger charge is 2.32. The number of carbonyl (C=O) groups excluding carboxylic acids is 1. The van der Waals surface area contributed by atoms with Crippen LogP contribution in [0, 0.1) is 10.1 Å². The van der Waals surface area contributed by atoms with E-state index in [-0.39, 0.29) is 29.2 Å². The Morgan fingerprint density at radius 1 is 1.17 bits per heavy atom. The molecule has 30 heavy (non-hydrogen) atoms. The molecule has 1 saturated heterocycles. The normalized spacial score (nSPS) is 17.8. The van der Waals surface area contributed by atoms with Crippen LogP contribution in [-0.4, -0.2) is 36.6 Å². The Morgan fingerprint density at radius 3 is 2.67 bits per heavy atom. The summed E-state index contributed by atoms with van der Waals surface area (Å²) in [6.45, 7) is 5.45. The van der Waals surface area contributed by atoms with Crippen molar-refractivity contribution in [1.29, 1.82) is 0 Å². The zero-order valence-corrected chi connectivity index (χ0v) is 17.1. The number of hydrogen-bond acceptors (Lipinski definition) is 6. The largest absolute Gasteiger partial charge is 0.486 e. The fourth-order valence-electron chi connectivity index (χ4n) is 4.07. The first kappa shape index (κ1) is 20.0. The minimum Gasteiger partial charge on any atom is -0.486 e. The van der Waals surface area contributed by atoms with E-state index in [1.54, 1.807) is 12.1 Å². The molecule has 0 saturated carbocycles. The number of rotatable bonds is 5. The highest BCUT2D eigenvalue weighted by atomic mass is 16.6. The van der Waals surface area contributed by atoms with E-state index in [4.69, 9.17) is 9.47 Å². The number of nitro benzene ring substituents is 1. The maximum atomic E-state index is 12.3. The summed E-state index contributed by atoms with van der Waals surface area (Å²) in [6.07, 6.45) is 1.80. The molecule has 158 valence electrons. The Kier molecular flexibility index (Phi) is 5.48. The molecular formula is C22H25N3O5. The number of amides is 1. The van der Waals surface area contributed by atoms with Gasteiger partial charge in [-0.2, -0.15) is 0 Å². The number of hydrogen-bond donors (Lipinski definition) is 1. The van der Waals surface area contributed by atoms with Gasteiger partial charge in [0.2, 0.25) is 0 Å². The zero-order chi connectivity index (χ0) is 21.3. The van der Waals surface area contributed by atoms with E-state index in [9.17, 15) is 14.9 Å². The van der Waals surface area contributed by atoms with E-state index in [0.29, 0.717) is 31.2 Å². The predicted molar refractivity (Wildman–Crippen MR) is 112 cm³/mol. The van der Waals surface area contributed by atoms with Gasteiger partial charge in [-0.1, -0.05) is 6.07 Å². The lowest BCUT2D eigenvalue weighted by Gasteiger charge is -2.28. The second-order valence-corrected chi connectivity index (χ2v) is 7.84. The van der Waals surface area contributed by atoms with Gasteiger partial charge in [-0.3, -0.25) is 14.9 Å². The summed E-state index contributed by atoms with van der Waals surface area (Å²) in [5.41, 5.74) is 1.79. The van der Waals surface area contributed by atoms with Gasteiger partial charge >= 0.3 is 0 Å². The molecule has 4 rings (SSSR count). The van der Waals surface area contributed by atoms with E-state index >= 15 is 0 Å². The van der Waals surface area contributed by atoms with Gasteiger partial charge in [-0.05, 0) is 56.5 Å². The third kappa shape index (κ3) is 3.90. The monoisotopic (exact) mass is 411 g/mol. The van der Waals surface area contributed by atoms with Crippen LogP contribution in [0.15, 0.2) is 36.4 Å². The molecule has 2 aromatic rings. The average Bonchev–Trinajstić information content (AvgIpc) is 3.22. The first-order valence-electron chi connectivity index (χ1n) is 10.2. The summed E-state index contributed by atoms with van der Waals surface area (Å²) < 4.78 is 11.3. The lowest BCUT2D eigenvalue weighted by molar-refractivity contribution is -0.384. The minimum absolute atomic E-state index is 0.00475. The summed E-state index contributed by atoms with van der Waals surface area (Å²) in [5.74, 6) is 1.12. The molecule has 2 aliphatic heterocycles. The molecule has 0 bridgehead atoms. The van der Waals surface area contributed by atoms with Crippen molar-refractivity contribution in [2.24, 2.45) is 0 Å². The number of fused-ring (bicyclic) bond motifs is 1. The molecular weight excluding hydrogens is 386 g/mol. The Morgan fingerprint density at radius 2 is 1.93 bits per heavy atom.